The summed E-state index contributed by atoms with van der Waals surface area (Å²) in [5.41, 5.74) is 1.25. The first-order valence-electron chi connectivity index (χ1n) is 11.9. The fourth-order valence-corrected chi connectivity index (χ4v) is 6.61. The van der Waals surface area contributed by atoms with E-state index in [1.807, 2.05) is 30.3 Å². The maximum atomic E-state index is 13.5. The minimum Gasteiger partial charge on any atom is -0.457 e. The predicted octanol–water partition coefficient (Wildman–Crippen LogP) is 4.21. The fourth-order valence-electron chi connectivity index (χ4n) is 4.20. The Balaban J connectivity index is 1.20. The number of ether oxygens (including phenoxy) is 2. The molecule has 1 atom stereocenters. The summed E-state index contributed by atoms with van der Waals surface area (Å²) in [4.78, 5) is 25.4. The van der Waals surface area contributed by atoms with Crippen molar-refractivity contribution < 1.29 is 27.5 Å². The van der Waals surface area contributed by atoms with Crippen molar-refractivity contribution in [3.05, 3.63) is 72.8 Å². The Labute approximate surface area is 223 Å². The molecule has 1 aliphatic rings. The van der Waals surface area contributed by atoms with Crippen LogP contribution in [0.15, 0.2) is 77.7 Å². The molecule has 1 N–H and O–H groups in total. The lowest BCUT2D eigenvalue weighted by atomic mass is 10.1. The third-order valence-corrected chi connectivity index (χ3v) is 8.51. The minimum atomic E-state index is -4.04. The highest BCUT2D eigenvalue weighted by Gasteiger charge is 2.39. The number of piperidine rings is 1. The highest BCUT2D eigenvalue weighted by atomic mass is 32.2. The van der Waals surface area contributed by atoms with E-state index in [0.717, 1.165) is 16.0 Å². The van der Waals surface area contributed by atoms with Crippen molar-refractivity contribution in [3.8, 4) is 11.5 Å². The van der Waals surface area contributed by atoms with Gasteiger partial charge in [-0.15, -0.1) is 0 Å². The van der Waals surface area contributed by atoms with Gasteiger partial charge in [0.05, 0.1) is 11.7 Å². The highest BCUT2D eigenvalue weighted by Crippen LogP contribution is 2.30. The zero-order chi connectivity index (χ0) is 26.5. The van der Waals surface area contributed by atoms with Crippen LogP contribution in [-0.2, 0) is 24.3 Å². The molecule has 1 aliphatic heterocycles. The van der Waals surface area contributed by atoms with E-state index < -0.39 is 34.5 Å². The fraction of sp³-hybridized carbons (Fsp3) is 0.231. The molecule has 1 amide bonds. The number of hydrogen-bond acceptors (Lipinski definition) is 9. The first-order valence-corrected chi connectivity index (χ1v) is 14.1. The van der Waals surface area contributed by atoms with Crippen LogP contribution >= 0.6 is 11.7 Å². The topological polar surface area (TPSA) is 128 Å². The monoisotopic (exact) mass is 552 g/mol. The number of nitrogens with zero attached hydrogens (tertiary/aromatic N) is 3. The summed E-state index contributed by atoms with van der Waals surface area (Å²) >= 11 is 0.924. The molecule has 1 saturated heterocycles. The van der Waals surface area contributed by atoms with Crippen molar-refractivity contribution in [2.24, 2.45) is 0 Å². The number of aromatic nitrogens is 2. The van der Waals surface area contributed by atoms with Crippen LogP contribution in [0.4, 0.5) is 5.69 Å². The molecule has 1 aromatic heterocycles. The molecule has 1 fully saturated rings. The number of para-hydroxylation sites is 1. The van der Waals surface area contributed by atoms with E-state index in [1.165, 1.54) is 6.07 Å². The van der Waals surface area contributed by atoms with E-state index >= 15 is 0 Å². The summed E-state index contributed by atoms with van der Waals surface area (Å²) < 4.78 is 47.4. The Bertz CT molecular complexity index is 1540. The first kappa shape index (κ1) is 25.8. The van der Waals surface area contributed by atoms with Crippen molar-refractivity contribution in [1.29, 1.82) is 0 Å². The molecule has 3 aromatic carbocycles. The van der Waals surface area contributed by atoms with Crippen LogP contribution in [0, 0.1) is 0 Å². The molecule has 1 unspecified atom stereocenters. The number of rotatable bonds is 8. The van der Waals surface area contributed by atoms with Crippen LogP contribution in [0.1, 0.15) is 19.3 Å². The van der Waals surface area contributed by atoms with Crippen molar-refractivity contribution in [2.75, 3.05) is 18.5 Å². The molecule has 0 radical (unpaired) electrons. The van der Waals surface area contributed by atoms with Crippen molar-refractivity contribution in [3.63, 3.8) is 0 Å². The zero-order valence-corrected chi connectivity index (χ0v) is 21.8. The number of carbonyl (C=O) groups is 2. The molecule has 0 aliphatic carbocycles. The summed E-state index contributed by atoms with van der Waals surface area (Å²) in [5, 5.41) is 2.66. The number of nitrogens with one attached hydrogen (secondary N) is 1. The Morgan fingerprint density at radius 1 is 0.947 bits per heavy atom. The van der Waals surface area contributed by atoms with Gasteiger partial charge in [0, 0.05) is 12.2 Å². The van der Waals surface area contributed by atoms with Crippen LogP contribution in [-0.4, -0.2) is 52.5 Å². The predicted molar refractivity (Wildman–Crippen MR) is 141 cm³/mol. The number of sulfonamides is 1. The van der Waals surface area contributed by atoms with Gasteiger partial charge in [0.1, 0.15) is 33.5 Å². The summed E-state index contributed by atoms with van der Waals surface area (Å²) in [6, 6.07) is 19.7. The second kappa shape index (κ2) is 11.3. The molecule has 4 aromatic rings. The molecule has 2 heterocycles. The first-order chi connectivity index (χ1) is 18.4. The number of esters is 1. The van der Waals surface area contributed by atoms with Gasteiger partial charge < -0.3 is 14.8 Å². The van der Waals surface area contributed by atoms with E-state index in [0.29, 0.717) is 42.0 Å². The molecule has 0 saturated carbocycles. The molecule has 0 bridgehead atoms. The molecular weight excluding hydrogens is 528 g/mol. The van der Waals surface area contributed by atoms with Gasteiger partial charge in [0.15, 0.2) is 6.61 Å². The number of carbonyl (C=O) groups excluding carboxylic acids is 2. The van der Waals surface area contributed by atoms with Gasteiger partial charge in [0.2, 0.25) is 10.0 Å². The average molecular weight is 553 g/mol. The lowest BCUT2D eigenvalue weighted by Gasteiger charge is -2.32. The maximum absolute atomic E-state index is 13.5. The zero-order valence-electron chi connectivity index (χ0n) is 20.1. The average Bonchev–Trinajstić information content (AvgIpc) is 3.42. The smallest absolute Gasteiger partial charge is 0.324 e. The van der Waals surface area contributed by atoms with Crippen LogP contribution in [0.5, 0.6) is 11.5 Å². The highest BCUT2D eigenvalue weighted by molar-refractivity contribution is 7.89. The van der Waals surface area contributed by atoms with E-state index in [-0.39, 0.29) is 17.0 Å². The molecule has 10 nitrogen and oxygen atoms in total. The summed E-state index contributed by atoms with van der Waals surface area (Å²) in [5.74, 6) is -0.0181. The summed E-state index contributed by atoms with van der Waals surface area (Å²) in [6.07, 6.45) is 1.57. The molecular formula is C26H24N4O6S2. The van der Waals surface area contributed by atoms with Gasteiger partial charge in [-0.05, 0) is 67.8 Å². The van der Waals surface area contributed by atoms with Gasteiger partial charge >= 0.3 is 5.97 Å². The van der Waals surface area contributed by atoms with Crippen molar-refractivity contribution >= 4 is 50.3 Å². The van der Waals surface area contributed by atoms with Crippen molar-refractivity contribution in [2.45, 2.75) is 30.2 Å². The normalized spacial score (nSPS) is 16.2. The summed E-state index contributed by atoms with van der Waals surface area (Å²) in [6.45, 7) is -0.378. The Hall–Kier alpha value is -3.87. The van der Waals surface area contributed by atoms with Gasteiger partial charge in [0.25, 0.3) is 5.91 Å². The third-order valence-electron chi connectivity index (χ3n) is 6.02. The Morgan fingerprint density at radius 3 is 2.50 bits per heavy atom. The van der Waals surface area contributed by atoms with E-state index in [2.05, 4.69) is 14.1 Å². The van der Waals surface area contributed by atoms with Gasteiger partial charge in [-0.1, -0.05) is 24.3 Å². The van der Waals surface area contributed by atoms with E-state index in [1.54, 1.807) is 36.4 Å². The molecule has 12 heteroatoms. The SMILES string of the molecule is O=C(COC(=O)C1CCCCN1S(=O)(=O)c1cccc2nsnc12)Nc1ccc(Oc2ccccc2)cc1. The van der Waals surface area contributed by atoms with Gasteiger partial charge in [-0.3, -0.25) is 9.59 Å². The number of benzene rings is 3. The van der Waals surface area contributed by atoms with Crippen LogP contribution in [0.3, 0.4) is 0 Å². The maximum Gasteiger partial charge on any atom is 0.324 e. The largest absolute Gasteiger partial charge is 0.457 e. The minimum absolute atomic E-state index is 0.000818. The van der Waals surface area contributed by atoms with Crippen LogP contribution in [0.25, 0.3) is 11.0 Å². The number of hydrogen-bond donors (Lipinski definition) is 1. The number of anilines is 1. The Morgan fingerprint density at radius 2 is 1.71 bits per heavy atom. The molecule has 196 valence electrons. The van der Waals surface area contributed by atoms with Gasteiger partial charge in [-0.25, -0.2) is 8.42 Å². The molecule has 38 heavy (non-hydrogen) atoms. The van der Waals surface area contributed by atoms with E-state index in [4.69, 9.17) is 9.47 Å². The van der Waals surface area contributed by atoms with Crippen LogP contribution < -0.4 is 10.1 Å². The molecule has 0 spiro atoms. The second-order valence-corrected chi connectivity index (χ2v) is 11.0. The Kier molecular flexibility index (Phi) is 7.63. The van der Waals surface area contributed by atoms with E-state index in [9.17, 15) is 18.0 Å². The van der Waals surface area contributed by atoms with Crippen molar-refractivity contribution in [1.82, 2.24) is 13.1 Å². The standard InChI is InChI=1S/C26H24N4O6S2/c31-24(27-18-12-14-20(15-13-18)36-19-7-2-1-3-8-19)17-35-26(32)22-10-4-5-16-30(22)38(33,34)23-11-6-9-21-25(23)29-37-28-21/h1-3,6-9,11-15,22H,4-5,10,16-17H2,(H,27,31). The third kappa shape index (κ3) is 5.67. The second-order valence-electron chi connectivity index (χ2n) is 8.61. The quantitative estimate of drug-likeness (QED) is 0.322. The number of amides is 1. The lowest BCUT2D eigenvalue weighted by Crippen LogP contribution is -2.48. The lowest BCUT2D eigenvalue weighted by molar-refractivity contribution is -0.152. The number of fused-ring (bicyclic) bond motifs is 1. The van der Waals surface area contributed by atoms with Gasteiger partial charge in [-0.2, -0.15) is 13.1 Å². The molecule has 5 rings (SSSR count). The summed E-state index contributed by atoms with van der Waals surface area (Å²) in [7, 11) is -4.04. The van der Waals surface area contributed by atoms with Crippen LogP contribution in [0.2, 0.25) is 0 Å².